The van der Waals surface area contributed by atoms with E-state index in [1.165, 1.54) is 0 Å². The van der Waals surface area contributed by atoms with Gasteiger partial charge in [0.15, 0.2) is 0 Å². The van der Waals surface area contributed by atoms with Gasteiger partial charge >= 0.3 is 6.03 Å². The van der Waals surface area contributed by atoms with Crippen molar-refractivity contribution in [2.75, 3.05) is 63.2 Å². The van der Waals surface area contributed by atoms with Gasteiger partial charge in [0.2, 0.25) is 0 Å². The van der Waals surface area contributed by atoms with Crippen molar-refractivity contribution < 1.29 is 9.53 Å². The lowest BCUT2D eigenvalue weighted by atomic mass is 10.2. The highest BCUT2D eigenvalue weighted by atomic mass is 16.5. The number of urea groups is 1. The second kappa shape index (κ2) is 7.81. The van der Waals surface area contributed by atoms with Gasteiger partial charge in [-0.2, -0.15) is 0 Å². The molecule has 0 spiro atoms. The number of nitrogens with zero attached hydrogens (tertiary/aromatic N) is 4. The van der Waals surface area contributed by atoms with Crippen molar-refractivity contribution in [2.24, 2.45) is 0 Å². The molecule has 2 aliphatic rings. The van der Waals surface area contributed by atoms with E-state index in [-0.39, 0.29) is 12.1 Å². The summed E-state index contributed by atoms with van der Waals surface area (Å²) >= 11 is 0. The van der Waals surface area contributed by atoms with Gasteiger partial charge in [0, 0.05) is 39.3 Å². The average Bonchev–Trinajstić information content (AvgIpc) is 3.11. The summed E-state index contributed by atoms with van der Waals surface area (Å²) in [5, 5.41) is 2.94. The zero-order chi connectivity index (χ0) is 16.9. The fraction of sp³-hybridized carbons (Fsp3) is 0.647. The molecule has 7 nitrogen and oxygen atoms in total. The van der Waals surface area contributed by atoms with Gasteiger partial charge in [-0.3, -0.25) is 0 Å². The van der Waals surface area contributed by atoms with E-state index in [0.717, 1.165) is 63.9 Å². The first kappa shape index (κ1) is 17.0. The Morgan fingerprint density at radius 1 is 1.38 bits per heavy atom. The maximum absolute atomic E-state index is 12.4. The molecule has 24 heavy (non-hydrogen) atoms. The molecular weight excluding hydrogens is 306 g/mol. The van der Waals surface area contributed by atoms with Crippen LogP contribution in [0.2, 0.25) is 0 Å². The quantitative estimate of drug-likeness (QED) is 0.904. The highest BCUT2D eigenvalue weighted by Crippen LogP contribution is 2.18. The number of rotatable bonds is 4. The lowest BCUT2D eigenvalue weighted by Crippen LogP contribution is -2.41. The zero-order valence-electron chi connectivity index (χ0n) is 14.6. The molecule has 7 heteroatoms. The molecule has 2 saturated heterocycles. The van der Waals surface area contributed by atoms with Crippen LogP contribution in [0.3, 0.4) is 0 Å². The van der Waals surface area contributed by atoms with Crippen LogP contribution < -0.4 is 10.2 Å². The highest BCUT2D eigenvalue weighted by Gasteiger charge is 2.27. The Kier molecular flexibility index (Phi) is 5.52. The van der Waals surface area contributed by atoms with E-state index in [9.17, 15) is 4.79 Å². The third kappa shape index (κ3) is 3.96. The van der Waals surface area contributed by atoms with E-state index in [4.69, 9.17) is 4.74 Å². The molecule has 1 aromatic heterocycles. The lowest BCUT2D eigenvalue weighted by Gasteiger charge is -2.28. The van der Waals surface area contributed by atoms with E-state index >= 15 is 0 Å². The van der Waals surface area contributed by atoms with Gasteiger partial charge in [-0.1, -0.05) is 6.92 Å². The second-order valence-electron chi connectivity index (χ2n) is 6.38. The van der Waals surface area contributed by atoms with Gasteiger partial charge in [0.1, 0.15) is 5.82 Å². The van der Waals surface area contributed by atoms with Crippen LogP contribution in [0.4, 0.5) is 16.3 Å². The zero-order valence-corrected chi connectivity index (χ0v) is 14.6. The first-order valence-corrected chi connectivity index (χ1v) is 8.72. The maximum Gasteiger partial charge on any atom is 0.321 e. The smallest absolute Gasteiger partial charge is 0.321 e. The average molecular weight is 333 g/mol. The molecule has 2 aliphatic heterocycles. The molecule has 3 heterocycles. The van der Waals surface area contributed by atoms with E-state index in [2.05, 4.69) is 27.0 Å². The maximum atomic E-state index is 12.4. The van der Waals surface area contributed by atoms with Gasteiger partial charge in [0.05, 0.1) is 25.1 Å². The van der Waals surface area contributed by atoms with E-state index < -0.39 is 0 Å². The molecule has 1 aromatic rings. The Hall–Kier alpha value is -1.86. The Balaban J connectivity index is 1.54. The summed E-state index contributed by atoms with van der Waals surface area (Å²) in [6.45, 7) is 8.41. The number of carbonyl (C=O) groups excluding carboxylic acids is 1. The lowest BCUT2D eigenvalue weighted by molar-refractivity contribution is 0.122. The van der Waals surface area contributed by atoms with E-state index in [1.807, 2.05) is 24.1 Å². The number of nitrogens with one attached hydrogen (secondary N) is 1. The number of amides is 2. The van der Waals surface area contributed by atoms with Gasteiger partial charge in [0.25, 0.3) is 0 Å². The Morgan fingerprint density at radius 3 is 2.79 bits per heavy atom. The molecular formula is C17H27N5O2. The minimum atomic E-state index is -0.0705. The van der Waals surface area contributed by atoms with Crippen LogP contribution >= 0.6 is 0 Å². The van der Waals surface area contributed by atoms with Crippen LogP contribution in [-0.2, 0) is 4.74 Å². The minimum Gasteiger partial charge on any atom is -0.378 e. The van der Waals surface area contributed by atoms with Gasteiger partial charge < -0.3 is 24.8 Å². The predicted molar refractivity (Wildman–Crippen MR) is 94.6 cm³/mol. The summed E-state index contributed by atoms with van der Waals surface area (Å²) in [6, 6.07) is 4.08. The standard InChI is InChI=1S/C17H27N5O2/c1-3-21-7-6-15(13-21)20(2)17(23)19-14-4-5-16(18-12-14)22-8-10-24-11-9-22/h4-5,12,15H,3,6-11,13H2,1-2H3,(H,19,23). The molecule has 1 atom stereocenters. The molecule has 2 amide bonds. The number of likely N-dealkylation sites (tertiary alicyclic amines) is 1. The van der Waals surface area contributed by atoms with Crippen LogP contribution in [0.5, 0.6) is 0 Å². The Labute approximate surface area is 143 Å². The summed E-state index contributed by atoms with van der Waals surface area (Å²) in [5.74, 6) is 0.930. The van der Waals surface area contributed by atoms with Crippen molar-refractivity contribution in [2.45, 2.75) is 19.4 Å². The van der Waals surface area contributed by atoms with E-state index in [1.54, 1.807) is 6.20 Å². The predicted octanol–water partition coefficient (Wildman–Crippen LogP) is 1.48. The van der Waals surface area contributed by atoms with Crippen molar-refractivity contribution in [3.8, 4) is 0 Å². The number of anilines is 2. The summed E-state index contributed by atoms with van der Waals surface area (Å²) in [4.78, 5) is 23.3. The molecule has 1 unspecified atom stereocenters. The van der Waals surface area contributed by atoms with Crippen molar-refractivity contribution >= 4 is 17.5 Å². The van der Waals surface area contributed by atoms with Crippen molar-refractivity contribution in [1.82, 2.24) is 14.8 Å². The molecule has 0 aliphatic carbocycles. The summed E-state index contributed by atoms with van der Waals surface area (Å²) in [6.07, 6.45) is 2.76. The van der Waals surface area contributed by atoms with Gasteiger partial charge in [-0.15, -0.1) is 0 Å². The van der Waals surface area contributed by atoms with Gasteiger partial charge in [-0.05, 0) is 25.1 Å². The molecule has 2 fully saturated rings. The SMILES string of the molecule is CCN1CCC(N(C)C(=O)Nc2ccc(N3CCOCC3)nc2)C1. The van der Waals surface area contributed by atoms with Crippen LogP contribution in [0.1, 0.15) is 13.3 Å². The largest absolute Gasteiger partial charge is 0.378 e. The molecule has 0 radical (unpaired) electrons. The number of aromatic nitrogens is 1. The monoisotopic (exact) mass is 333 g/mol. The number of hydrogen-bond donors (Lipinski definition) is 1. The fourth-order valence-electron chi connectivity index (χ4n) is 3.23. The topological polar surface area (TPSA) is 60.9 Å². The first-order valence-electron chi connectivity index (χ1n) is 8.72. The highest BCUT2D eigenvalue weighted by molar-refractivity contribution is 5.89. The Morgan fingerprint density at radius 2 is 2.17 bits per heavy atom. The minimum absolute atomic E-state index is 0.0705. The first-order chi connectivity index (χ1) is 11.7. The molecule has 1 N–H and O–H groups in total. The van der Waals surface area contributed by atoms with Crippen LogP contribution in [0, 0.1) is 0 Å². The molecule has 0 aromatic carbocycles. The number of pyridine rings is 1. The van der Waals surface area contributed by atoms with Crippen LogP contribution in [-0.4, -0.2) is 79.8 Å². The van der Waals surface area contributed by atoms with Crippen LogP contribution in [0.15, 0.2) is 18.3 Å². The third-order valence-electron chi connectivity index (χ3n) is 4.90. The third-order valence-corrected chi connectivity index (χ3v) is 4.90. The van der Waals surface area contributed by atoms with Gasteiger partial charge in [-0.25, -0.2) is 9.78 Å². The van der Waals surface area contributed by atoms with E-state index in [0.29, 0.717) is 0 Å². The molecule has 0 saturated carbocycles. The fourth-order valence-corrected chi connectivity index (χ4v) is 3.23. The number of hydrogen-bond acceptors (Lipinski definition) is 5. The number of likely N-dealkylation sites (N-methyl/N-ethyl adjacent to an activating group) is 2. The number of carbonyl (C=O) groups is 1. The van der Waals surface area contributed by atoms with Crippen molar-refractivity contribution in [3.05, 3.63) is 18.3 Å². The summed E-state index contributed by atoms with van der Waals surface area (Å²) in [5.41, 5.74) is 0.731. The normalized spacial score (nSPS) is 21.8. The number of morpholine rings is 1. The summed E-state index contributed by atoms with van der Waals surface area (Å²) < 4.78 is 5.35. The molecule has 3 rings (SSSR count). The summed E-state index contributed by atoms with van der Waals surface area (Å²) in [7, 11) is 1.87. The van der Waals surface area contributed by atoms with Crippen molar-refractivity contribution in [3.63, 3.8) is 0 Å². The van der Waals surface area contributed by atoms with Crippen molar-refractivity contribution in [1.29, 1.82) is 0 Å². The van der Waals surface area contributed by atoms with Crippen LogP contribution in [0.25, 0.3) is 0 Å². The number of ether oxygens (including phenoxy) is 1. The molecule has 0 bridgehead atoms. The molecule has 132 valence electrons. The Bertz CT molecular complexity index is 544. The second-order valence-corrected chi connectivity index (χ2v) is 6.38.